The lowest BCUT2D eigenvalue weighted by Gasteiger charge is -2.08. The number of aromatic nitrogens is 5. The lowest BCUT2D eigenvalue weighted by molar-refractivity contribution is 0.379. The van der Waals surface area contributed by atoms with Gasteiger partial charge < -0.3 is 14.8 Å². The maximum atomic E-state index is 11.7. The van der Waals surface area contributed by atoms with E-state index in [-0.39, 0.29) is 16.1 Å². The molecule has 0 spiro atoms. The molecule has 2 N–H and O–H groups in total. The Kier molecular flexibility index (Phi) is 3.67. The first-order chi connectivity index (χ1) is 10.6. The lowest BCUT2D eigenvalue weighted by Crippen LogP contribution is -2.32. The highest BCUT2D eigenvalue weighted by Crippen LogP contribution is 2.32. The van der Waals surface area contributed by atoms with Crippen LogP contribution in [-0.2, 0) is 0 Å². The minimum Gasteiger partial charge on any atom is -0.461 e. The summed E-state index contributed by atoms with van der Waals surface area (Å²) in [7, 11) is 0. The van der Waals surface area contributed by atoms with E-state index in [0.717, 1.165) is 4.68 Å². The van der Waals surface area contributed by atoms with E-state index >= 15 is 0 Å². The zero-order chi connectivity index (χ0) is 15.7. The average molecular weight is 320 g/mol. The number of nitrogens with zero attached hydrogens (tertiary/aromatic N) is 5. The summed E-state index contributed by atoms with van der Waals surface area (Å²) in [5, 5.41) is 11.5. The van der Waals surface area contributed by atoms with Crippen LogP contribution in [0.3, 0.4) is 0 Å². The molecule has 0 aliphatic rings. The van der Waals surface area contributed by atoms with Crippen molar-refractivity contribution < 1.29 is 8.94 Å². The van der Waals surface area contributed by atoms with E-state index in [1.165, 1.54) is 18.0 Å². The van der Waals surface area contributed by atoms with Gasteiger partial charge in [-0.2, -0.15) is 9.66 Å². The van der Waals surface area contributed by atoms with E-state index in [4.69, 9.17) is 14.8 Å². The van der Waals surface area contributed by atoms with E-state index < -0.39 is 5.56 Å². The number of aryl methyl sites for hydroxylation is 1. The Labute approximate surface area is 128 Å². The van der Waals surface area contributed by atoms with Gasteiger partial charge in [-0.1, -0.05) is 16.9 Å². The van der Waals surface area contributed by atoms with Crippen LogP contribution in [0.5, 0.6) is 0 Å². The summed E-state index contributed by atoms with van der Waals surface area (Å²) in [4.78, 5) is 16.0. The molecule has 3 aromatic rings. The first kappa shape index (κ1) is 14.3. The lowest BCUT2D eigenvalue weighted by atomic mass is 10.4. The second kappa shape index (κ2) is 5.64. The molecule has 0 aromatic carbocycles. The quantitative estimate of drug-likeness (QED) is 0.556. The van der Waals surface area contributed by atoms with Crippen LogP contribution in [0.2, 0.25) is 0 Å². The van der Waals surface area contributed by atoms with Crippen molar-refractivity contribution in [1.29, 1.82) is 0 Å². The van der Waals surface area contributed by atoms with Gasteiger partial charge in [0.1, 0.15) is 5.69 Å². The molecule has 114 valence electrons. The second-order valence-electron chi connectivity index (χ2n) is 4.44. The smallest absolute Gasteiger partial charge is 0.294 e. The molecule has 1 atom stereocenters. The monoisotopic (exact) mass is 320 g/mol. The van der Waals surface area contributed by atoms with Gasteiger partial charge in [0.2, 0.25) is 16.9 Å². The van der Waals surface area contributed by atoms with Gasteiger partial charge in [0.25, 0.3) is 5.56 Å². The van der Waals surface area contributed by atoms with Crippen molar-refractivity contribution in [3.63, 3.8) is 0 Å². The van der Waals surface area contributed by atoms with Crippen LogP contribution in [0.25, 0.3) is 11.6 Å². The van der Waals surface area contributed by atoms with E-state index in [1.807, 2.05) is 6.92 Å². The second-order valence-corrected chi connectivity index (χ2v) is 5.74. The number of thioether (sulfide) groups is 1. The number of rotatable bonds is 4. The first-order valence-corrected chi connectivity index (χ1v) is 7.19. The molecule has 22 heavy (non-hydrogen) atoms. The van der Waals surface area contributed by atoms with E-state index in [9.17, 15) is 4.79 Å². The molecule has 3 rings (SSSR count). The van der Waals surface area contributed by atoms with Gasteiger partial charge in [0.05, 0.1) is 11.5 Å². The molecule has 3 aromatic heterocycles. The molecule has 0 aliphatic heterocycles. The zero-order valence-corrected chi connectivity index (χ0v) is 12.6. The van der Waals surface area contributed by atoms with Gasteiger partial charge in [0, 0.05) is 0 Å². The maximum Gasteiger partial charge on any atom is 0.294 e. The van der Waals surface area contributed by atoms with Crippen molar-refractivity contribution in [2.75, 3.05) is 5.84 Å². The Morgan fingerprint density at radius 2 is 2.23 bits per heavy atom. The third kappa shape index (κ3) is 2.60. The number of hydrogen-bond donors (Lipinski definition) is 1. The molecule has 0 saturated heterocycles. The molecular formula is C12H12N6O3S. The minimum absolute atomic E-state index is 0.234. The van der Waals surface area contributed by atoms with Crippen molar-refractivity contribution in [3.05, 3.63) is 40.3 Å². The van der Waals surface area contributed by atoms with E-state index in [1.54, 1.807) is 19.1 Å². The molecule has 0 amide bonds. The van der Waals surface area contributed by atoms with Crippen LogP contribution in [0.1, 0.15) is 23.8 Å². The van der Waals surface area contributed by atoms with Gasteiger partial charge in [-0.3, -0.25) is 4.79 Å². The highest BCUT2D eigenvalue weighted by Gasteiger charge is 2.20. The Balaban J connectivity index is 1.82. The van der Waals surface area contributed by atoms with Gasteiger partial charge in [0.15, 0.2) is 5.76 Å². The molecule has 0 aliphatic carbocycles. The minimum atomic E-state index is -0.397. The van der Waals surface area contributed by atoms with Crippen LogP contribution >= 0.6 is 11.8 Å². The third-order valence-corrected chi connectivity index (χ3v) is 3.88. The SMILES string of the molecule is Cc1nnc(SC(C)c2nc(-c3ccco3)no2)n(N)c1=O. The van der Waals surface area contributed by atoms with Crippen LogP contribution in [0.15, 0.2) is 37.3 Å². The summed E-state index contributed by atoms with van der Waals surface area (Å²) in [5.74, 6) is 6.92. The number of nitrogen functional groups attached to an aromatic ring is 1. The molecule has 0 saturated carbocycles. The standard InChI is InChI=1S/C12H12N6O3S/c1-6-11(19)18(13)12(16-15-6)22-7(2)10-14-9(17-21-10)8-4-3-5-20-8/h3-5,7H,13H2,1-2H3. The van der Waals surface area contributed by atoms with Crippen LogP contribution in [0.4, 0.5) is 0 Å². The van der Waals surface area contributed by atoms with Gasteiger partial charge >= 0.3 is 0 Å². The summed E-state index contributed by atoms with van der Waals surface area (Å²) in [6.45, 7) is 3.38. The van der Waals surface area contributed by atoms with Crippen molar-refractivity contribution in [1.82, 2.24) is 25.0 Å². The summed E-state index contributed by atoms with van der Waals surface area (Å²) >= 11 is 1.19. The fourth-order valence-electron chi connectivity index (χ4n) is 1.66. The molecule has 1 unspecified atom stereocenters. The van der Waals surface area contributed by atoms with Crippen molar-refractivity contribution >= 4 is 11.8 Å². The summed E-state index contributed by atoms with van der Waals surface area (Å²) < 4.78 is 11.3. The predicted molar refractivity (Wildman–Crippen MR) is 77.5 cm³/mol. The van der Waals surface area contributed by atoms with Crippen LogP contribution in [0, 0.1) is 6.92 Å². The first-order valence-electron chi connectivity index (χ1n) is 6.32. The topological polar surface area (TPSA) is 126 Å². The zero-order valence-electron chi connectivity index (χ0n) is 11.8. The maximum absolute atomic E-state index is 11.7. The molecule has 10 heteroatoms. The third-order valence-electron chi connectivity index (χ3n) is 2.83. The fraction of sp³-hybridized carbons (Fsp3) is 0.250. The normalized spacial score (nSPS) is 12.5. The molecule has 0 bridgehead atoms. The highest BCUT2D eigenvalue weighted by atomic mass is 32.2. The largest absolute Gasteiger partial charge is 0.461 e. The number of hydrogen-bond acceptors (Lipinski definition) is 9. The average Bonchev–Trinajstić information content (AvgIpc) is 3.18. The van der Waals surface area contributed by atoms with Crippen molar-refractivity contribution in [2.24, 2.45) is 0 Å². The summed E-state index contributed by atoms with van der Waals surface area (Å²) in [5.41, 5.74) is -0.163. The van der Waals surface area contributed by atoms with E-state index in [2.05, 4.69) is 20.3 Å². The molecule has 3 heterocycles. The number of nitrogens with two attached hydrogens (primary N) is 1. The molecular weight excluding hydrogens is 308 g/mol. The van der Waals surface area contributed by atoms with Crippen LogP contribution in [-0.4, -0.2) is 25.0 Å². The van der Waals surface area contributed by atoms with Gasteiger partial charge in [-0.25, -0.2) is 0 Å². The summed E-state index contributed by atoms with van der Waals surface area (Å²) in [6, 6.07) is 3.47. The van der Waals surface area contributed by atoms with Gasteiger partial charge in [-0.05, 0) is 26.0 Å². The molecule has 0 radical (unpaired) electrons. The fourth-order valence-corrected chi connectivity index (χ4v) is 2.46. The molecule has 9 nitrogen and oxygen atoms in total. The highest BCUT2D eigenvalue weighted by molar-refractivity contribution is 7.99. The molecule has 0 fully saturated rings. The Morgan fingerprint density at radius 1 is 1.41 bits per heavy atom. The number of furan rings is 1. The predicted octanol–water partition coefficient (Wildman–Crippen LogP) is 1.16. The van der Waals surface area contributed by atoms with Crippen molar-refractivity contribution in [3.8, 4) is 11.6 Å². The van der Waals surface area contributed by atoms with Gasteiger partial charge in [-0.15, -0.1) is 10.2 Å². The Morgan fingerprint density at radius 3 is 2.95 bits per heavy atom. The summed E-state index contributed by atoms with van der Waals surface area (Å²) in [6.07, 6.45) is 1.53. The Bertz CT molecular complexity index is 841. The van der Waals surface area contributed by atoms with Crippen molar-refractivity contribution in [2.45, 2.75) is 24.3 Å². The van der Waals surface area contributed by atoms with Crippen LogP contribution < -0.4 is 11.4 Å². The Hall–Kier alpha value is -2.62. The van der Waals surface area contributed by atoms with E-state index in [0.29, 0.717) is 17.5 Å².